The van der Waals surface area contributed by atoms with Crippen molar-refractivity contribution in [1.82, 2.24) is 15.1 Å². The van der Waals surface area contributed by atoms with Gasteiger partial charge in [-0.3, -0.25) is 9.79 Å². The molecule has 1 N–H and O–H groups in total. The van der Waals surface area contributed by atoms with Gasteiger partial charge in [0.15, 0.2) is 5.96 Å². The highest BCUT2D eigenvalue weighted by Gasteiger charge is 2.13. The molecule has 0 heterocycles. The number of nitrogens with zero attached hydrogens (tertiary/aromatic N) is 3. The van der Waals surface area contributed by atoms with E-state index in [-0.39, 0.29) is 11.7 Å². The molecule has 0 aliphatic carbocycles. The predicted octanol–water partition coefficient (Wildman–Crippen LogP) is 3.39. The van der Waals surface area contributed by atoms with Crippen LogP contribution in [0.5, 0.6) is 0 Å². The van der Waals surface area contributed by atoms with Crippen LogP contribution >= 0.6 is 11.6 Å². The summed E-state index contributed by atoms with van der Waals surface area (Å²) in [6.07, 6.45) is 0. The maximum absolute atomic E-state index is 14.0. The van der Waals surface area contributed by atoms with E-state index in [1.54, 1.807) is 50.3 Å². The third kappa shape index (κ3) is 5.44. The Morgan fingerprint density at radius 1 is 1.15 bits per heavy atom. The molecule has 7 heteroatoms. The number of benzene rings is 2. The monoisotopic (exact) mass is 390 g/mol. The van der Waals surface area contributed by atoms with Gasteiger partial charge in [-0.05, 0) is 29.8 Å². The molecule has 2 aromatic carbocycles. The summed E-state index contributed by atoms with van der Waals surface area (Å²) in [6, 6.07) is 12.0. The normalized spacial score (nSPS) is 11.3. The van der Waals surface area contributed by atoms with Gasteiger partial charge in [0.2, 0.25) is 0 Å². The average Bonchev–Trinajstić information content (AvgIpc) is 2.65. The van der Waals surface area contributed by atoms with Crippen molar-refractivity contribution in [3.8, 4) is 0 Å². The number of hydrogen-bond donors (Lipinski definition) is 1. The lowest BCUT2D eigenvalue weighted by Crippen LogP contribution is -2.38. The van der Waals surface area contributed by atoms with Crippen molar-refractivity contribution in [2.75, 3.05) is 28.2 Å². The van der Waals surface area contributed by atoms with Crippen LogP contribution in [-0.2, 0) is 13.1 Å². The fourth-order valence-electron chi connectivity index (χ4n) is 2.58. The van der Waals surface area contributed by atoms with E-state index < -0.39 is 0 Å². The fourth-order valence-corrected chi connectivity index (χ4v) is 2.81. The largest absolute Gasteiger partial charge is 0.352 e. The quantitative estimate of drug-likeness (QED) is 0.629. The van der Waals surface area contributed by atoms with Crippen LogP contribution in [0.25, 0.3) is 0 Å². The Kier molecular flexibility index (Phi) is 7.19. The Morgan fingerprint density at radius 2 is 1.81 bits per heavy atom. The molecule has 0 aromatic heterocycles. The lowest BCUT2D eigenvalue weighted by Gasteiger charge is -2.23. The van der Waals surface area contributed by atoms with Gasteiger partial charge >= 0.3 is 0 Å². The van der Waals surface area contributed by atoms with Crippen molar-refractivity contribution < 1.29 is 9.18 Å². The minimum absolute atomic E-state index is 0.0354. The Hall–Kier alpha value is -2.60. The van der Waals surface area contributed by atoms with Crippen LogP contribution in [0.15, 0.2) is 47.5 Å². The fraction of sp³-hybridized carbons (Fsp3) is 0.300. The molecule has 2 aromatic rings. The predicted molar refractivity (Wildman–Crippen MR) is 108 cm³/mol. The molecule has 0 radical (unpaired) electrons. The van der Waals surface area contributed by atoms with Crippen molar-refractivity contribution in [1.29, 1.82) is 0 Å². The molecule has 0 bridgehead atoms. The summed E-state index contributed by atoms with van der Waals surface area (Å²) in [6.45, 7) is 0.819. The van der Waals surface area contributed by atoms with Crippen LogP contribution in [0, 0.1) is 5.82 Å². The molecule has 27 heavy (non-hydrogen) atoms. The Bertz CT molecular complexity index is 801. The first-order valence-electron chi connectivity index (χ1n) is 8.48. The first-order valence-corrected chi connectivity index (χ1v) is 8.86. The maximum atomic E-state index is 14.0. The highest BCUT2D eigenvalue weighted by Crippen LogP contribution is 2.20. The molecule has 0 atom stereocenters. The highest BCUT2D eigenvalue weighted by atomic mass is 35.5. The number of rotatable bonds is 5. The van der Waals surface area contributed by atoms with Crippen molar-refractivity contribution in [3.05, 3.63) is 70.0 Å². The number of amides is 1. The summed E-state index contributed by atoms with van der Waals surface area (Å²) >= 11 is 6.10. The lowest BCUT2D eigenvalue weighted by atomic mass is 10.1. The first kappa shape index (κ1) is 20.7. The molecule has 5 nitrogen and oxygen atoms in total. The van der Waals surface area contributed by atoms with E-state index in [4.69, 9.17) is 11.6 Å². The van der Waals surface area contributed by atoms with Gasteiger partial charge in [-0.25, -0.2) is 4.39 Å². The van der Waals surface area contributed by atoms with Gasteiger partial charge in [0, 0.05) is 57.4 Å². The summed E-state index contributed by atoms with van der Waals surface area (Å²) < 4.78 is 14.0. The second-order valence-electron chi connectivity index (χ2n) is 6.35. The number of nitrogens with one attached hydrogen (secondary N) is 1. The van der Waals surface area contributed by atoms with Crippen LogP contribution in [0.3, 0.4) is 0 Å². The summed E-state index contributed by atoms with van der Waals surface area (Å²) in [5.74, 6) is 0.237. The number of guanidine groups is 1. The van der Waals surface area contributed by atoms with Crippen molar-refractivity contribution in [2.45, 2.75) is 13.1 Å². The van der Waals surface area contributed by atoms with Gasteiger partial charge in [0.05, 0.1) is 0 Å². The van der Waals surface area contributed by atoms with E-state index >= 15 is 0 Å². The number of halogens is 2. The minimum atomic E-state index is -0.342. The van der Waals surface area contributed by atoms with E-state index in [2.05, 4.69) is 10.3 Å². The molecular weight excluding hydrogens is 367 g/mol. The lowest BCUT2D eigenvalue weighted by molar-refractivity contribution is 0.0827. The molecule has 0 aliphatic rings. The van der Waals surface area contributed by atoms with E-state index in [0.717, 1.165) is 5.56 Å². The van der Waals surface area contributed by atoms with Gasteiger partial charge < -0.3 is 15.1 Å². The van der Waals surface area contributed by atoms with Gasteiger partial charge in [-0.15, -0.1) is 0 Å². The van der Waals surface area contributed by atoms with Gasteiger partial charge in [-0.1, -0.05) is 29.8 Å². The van der Waals surface area contributed by atoms with Crippen LogP contribution in [0.1, 0.15) is 21.5 Å². The van der Waals surface area contributed by atoms with Gasteiger partial charge in [0.1, 0.15) is 5.82 Å². The second-order valence-corrected chi connectivity index (χ2v) is 6.76. The van der Waals surface area contributed by atoms with Crippen LogP contribution in [0.4, 0.5) is 4.39 Å². The summed E-state index contributed by atoms with van der Waals surface area (Å²) in [5.41, 5.74) is 2.07. The van der Waals surface area contributed by atoms with E-state index in [1.165, 1.54) is 11.0 Å². The first-order chi connectivity index (χ1) is 12.8. The minimum Gasteiger partial charge on any atom is -0.352 e. The molecule has 2 rings (SSSR count). The van der Waals surface area contributed by atoms with E-state index in [0.29, 0.717) is 35.2 Å². The third-order valence-corrected chi connectivity index (χ3v) is 4.44. The standard InChI is InChI=1S/C20H24ClFN4O/c1-23-20(26(4)13-16-17(21)6-5-7-18(16)22)24-12-14-8-10-15(11-9-14)19(27)25(2)3/h5-11H,12-13H2,1-4H3,(H,23,24). The molecule has 0 saturated carbocycles. The molecule has 0 aliphatic heterocycles. The highest BCUT2D eigenvalue weighted by molar-refractivity contribution is 6.31. The van der Waals surface area contributed by atoms with Gasteiger partial charge in [0.25, 0.3) is 5.91 Å². The molecule has 1 amide bonds. The molecule has 0 spiro atoms. The summed E-state index contributed by atoms with van der Waals surface area (Å²) in [5, 5.41) is 3.62. The van der Waals surface area contributed by atoms with E-state index in [9.17, 15) is 9.18 Å². The molecule has 144 valence electrons. The summed E-state index contributed by atoms with van der Waals surface area (Å²) in [7, 11) is 6.93. The van der Waals surface area contributed by atoms with Crippen LogP contribution in [-0.4, -0.2) is 49.9 Å². The van der Waals surface area contributed by atoms with Crippen molar-refractivity contribution in [2.24, 2.45) is 4.99 Å². The average molecular weight is 391 g/mol. The maximum Gasteiger partial charge on any atom is 0.253 e. The SMILES string of the molecule is CN=C(NCc1ccc(C(=O)N(C)C)cc1)N(C)Cc1c(F)cccc1Cl. The molecule has 0 unspecified atom stereocenters. The number of hydrogen-bond acceptors (Lipinski definition) is 2. The Balaban J connectivity index is 2.00. The zero-order valence-electron chi connectivity index (χ0n) is 16.0. The molecular formula is C20H24ClFN4O. The van der Waals surface area contributed by atoms with Crippen LogP contribution < -0.4 is 5.32 Å². The zero-order chi connectivity index (χ0) is 20.0. The number of aliphatic imine (C=N–C) groups is 1. The van der Waals surface area contributed by atoms with Gasteiger partial charge in [-0.2, -0.15) is 0 Å². The zero-order valence-corrected chi connectivity index (χ0v) is 16.7. The van der Waals surface area contributed by atoms with Crippen molar-refractivity contribution in [3.63, 3.8) is 0 Å². The Labute approximate surface area is 164 Å². The molecule has 0 fully saturated rings. The topological polar surface area (TPSA) is 47.9 Å². The van der Waals surface area contributed by atoms with E-state index in [1.807, 2.05) is 19.2 Å². The van der Waals surface area contributed by atoms with Crippen LogP contribution in [0.2, 0.25) is 5.02 Å². The number of carbonyl (C=O) groups is 1. The smallest absolute Gasteiger partial charge is 0.253 e. The Morgan fingerprint density at radius 3 is 2.37 bits per heavy atom. The number of carbonyl (C=O) groups excluding carboxylic acids is 1. The molecule has 0 saturated heterocycles. The second kappa shape index (κ2) is 9.37. The summed E-state index contributed by atoms with van der Waals surface area (Å²) in [4.78, 5) is 19.5. The van der Waals surface area contributed by atoms with Crippen molar-refractivity contribution >= 4 is 23.5 Å². The third-order valence-electron chi connectivity index (χ3n) is 4.09.